The minimum absolute atomic E-state index is 0.00543. The van der Waals surface area contributed by atoms with Crippen LogP contribution in [-0.2, 0) is 43.3 Å². The Bertz CT molecular complexity index is 6830. The molecule has 0 bridgehead atoms. The first-order valence-electron chi connectivity index (χ1n) is 47.0. The molecule has 14 aromatic carbocycles. The van der Waals surface area contributed by atoms with Gasteiger partial charge >= 0.3 is 0 Å². The van der Waals surface area contributed by atoms with E-state index in [2.05, 4.69) is 535 Å². The first-order valence-corrected chi connectivity index (χ1v) is 47.4. The van der Waals surface area contributed by atoms with Gasteiger partial charge in [0.1, 0.15) is 23.3 Å². The maximum Gasteiger partial charge on any atom is 0.254 e. The molecule has 0 N–H and O–H groups in total. The lowest BCUT2D eigenvalue weighted by Crippen LogP contribution is -2.62. The highest BCUT2D eigenvalue weighted by atomic mass is 35.5. The van der Waals surface area contributed by atoms with Crippen LogP contribution in [0.2, 0.25) is 5.02 Å². The van der Waals surface area contributed by atoms with Gasteiger partial charge in [0.2, 0.25) is 0 Å². The summed E-state index contributed by atoms with van der Waals surface area (Å²) in [5.41, 5.74) is 28.4. The predicted octanol–water partition coefficient (Wildman–Crippen LogP) is 33.5. The van der Waals surface area contributed by atoms with Gasteiger partial charge in [-0.3, -0.25) is 19.6 Å². The minimum atomic E-state index is -0.228. The first-order chi connectivity index (χ1) is 62.4. The fourth-order valence-corrected chi connectivity index (χ4v) is 18.8. The number of nitrogens with zero attached hydrogens (tertiary/aromatic N) is 8. The molecule has 0 amide bonds. The van der Waals surface area contributed by atoms with E-state index in [1.165, 1.54) is 83.2 Å². The lowest BCUT2D eigenvalue weighted by Gasteiger charge is -2.45. The second-order valence-corrected chi connectivity index (χ2v) is 44.7. The van der Waals surface area contributed by atoms with Crippen LogP contribution in [-0.4, -0.2) is 16.7 Å². The Balaban J connectivity index is 0.000000184. The van der Waals surface area contributed by atoms with E-state index < -0.39 is 0 Å². The van der Waals surface area contributed by atoms with Crippen LogP contribution < -0.4 is 45.8 Å². The molecule has 0 unspecified atom stereocenters. The summed E-state index contributed by atoms with van der Waals surface area (Å²) in [5.74, 6) is 3.34. The molecule has 18 rings (SSSR count). The summed E-state index contributed by atoms with van der Waals surface area (Å²) in [6.07, 6.45) is 0. The Hall–Kier alpha value is -12.9. The number of aromatic nitrogens is 2. The van der Waals surface area contributed by atoms with E-state index in [-0.39, 0.29) is 50.0 Å². The molecule has 0 saturated heterocycles. The normalized spacial score (nSPS) is 13.0. The minimum Gasteiger partial charge on any atom is -0.311 e. The molecule has 0 spiro atoms. The van der Waals surface area contributed by atoms with E-state index in [1.54, 1.807) is 0 Å². The molecule has 2 aromatic heterocycles. The SMILES string of the molecule is CC(C)(C)c1ccc(N(c2ccc(C(C)(C)C)cc2)c2cc(C(C)(C)C)cc(N(c3ccccc3)c3cccc(N(c4ccc(C(C)(C)C)cc4)c4cccc5ccccc45)n3)c2Cl)cc1.CC(C)(C)c1ccc(N2c3ccc(C(C)(C)C)cc3B3c4ccc(N(c5ccc(C(C)(C)C)cc5)c5cccc6ccccc56)nc4N(c4ccccc4)c4cc(C(C)(C)C)cc2c43)cc1. The van der Waals surface area contributed by atoms with Crippen LogP contribution in [0.3, 0.4) is 0 Å². The number of benzene rings is 14. The molecule has 0 saturated carbocycles. The molecule has 2 aliphatic heterocycles. The van der Waals surface area contributed by atoms with E-state index in [1.807, 2.05) is 0 Å². The summed E-state index contributed by atoms with van der Waals surface area (Å²) < 4.78 is 0. The molecule has 132 heavy (non-hydrogen) atoms. The predicted molar refractivity (Wildman–Crippen MR) is 571 cm³/mol. The van der Waals surface area contributed by atoms with Gasteiger partial charge in [-0.15, -0.1) is 0 Å². The third kappa shape index (κ3) is 18.1. The Morgan fingerprint density at radius 3 is 0.992 bits per heavy atom. The number of pyridine rings is 2. The number of hydrogen-bond donors (Lipinski definition) is 0. The molecule has 4 heterocycles. The van der Waals surface area contributed by atoms with Crippen molar-refractivity contribution in [3.63, 3.8) is 0 Å². The fourth-order valence-electron chi connectivity index (χ4n) is 18.6. The summed E-state index contributed by atoms with van der Waals surface area (Å²) in [6.45, 7) is 54.7. The van der Waals surface area contributed by atoms with Crippen molar-refractivity contribution in [3.05, 3.63) is 389 Å². The summed E-state index contributed by atoms with van der Waals surface area (Å²) in [7, 11) is 0. The summed E-state index contributed by atoms with van der Waals surface area (Å²) in [5, 5.41) is 5.29. The molecule has 0 fully saturated rings. The quantitative estimate of drug-likeness (QED) is 0.0998. The summed E-state index contributed by atoms with van der Waals surface area (Å²) in [6, 6.07) is 125. The van der Waals surface area contributed by atoms with Gasteiger partial charge in [-0.25, -0.2) is 9.97 Å². The van der Waals surface area contributed by atoms with Crippen molar-refractivity contribution >= 4 is 159 Å². The van der Waals surface area contributed by atoms with E-state index in [4.69, 9.17) is 21.6 Å². The lowest BCUT2D eigenvalue weighted by molar-refractivity contribution is 0.589. The number of anilines is 18. The second kappa shape index (κ2) is 34.7. The highest BCUT2D eigenvalue weighted by Crippen LogP contribution is 2.53. The third-order valence-electron chi connectivity index (χ3n) is 26.4. The van der Waals surface area contributed by atoms with Gasteiger partial charge in [-0.2, -0.15) is 0 Å². The number of fused-ring (bicyclic) bond motifs is 6. The number of hydrogen-bond acceptors (Lipinski definition) is 8. The first kappa shape index (κ1) is 91.0. The van der Waals surface area contributed by atoms with Crippen molar-refractivity contribution in [3.8, 4) is 0 Å². The van der Waals surface area contributed by atoms with Crippen molar-refractivity contribution in [1.82, 2.24) is 9.97 Å². The van der Waals surface area contributed by atoms with E-state index in [0.29, 0.717) is 5.02 Å². The number of para-hydroxylation sites is 2. The molecule has 0 atom stereocenters. The largest absolute Gasteiger partial charge is 0.311 e. The van der Waals surface area contributed by atoms with Gasteiger partial charge in [-0.05, 0) is 261 Å². The molecule has 2 aliphatic rings. The Morgan fingerprint density at radius 2 is 0.561 bits per heavy atom. The maximum atomic E-state index is 8.02. The molecule has 8 nitrogen and oxygen atoms in total. The van der Waals surface area contributed by atoms with Crippen molar-refractivity contribution in [2.45, 2.75) is 209 Å². The van der Waals surface area contributed by atoms with Gasteiger partial charge in [0.05, 0.1) is 27.8 Å². The Kier molecular flexibility index (Phi) is 23.9. The fraction of sp³-hybridized carbons (Fsp3) is 0.262. The number of rotatable bonds is 14. The van der Waals surface area contributed by atoms with Crippen molar-refractivity contribution in [2.24, 2.45) is 0 Å². The summed E-state index contributed by atoms with van der Waals surface area (Å²) >= 11 is 8.02. The molecule has 0 radical (unpaired) electrons. The van der Waals surface area contributed by atoms with Crippen LogP contribution in [0.4, 0.5) is 103 Å². The molecule has 16 aromatic rings. The lowest BCUT2D eigenvalue weighted by atomic mass is 9.33. The Morgan fingerprint density at radius 1 is 0.235 bits per heavy atom. The van der Waals surface area contributed by atoms with Gasteiger partial charge < -0.3 is 9.80 Å². The number of halogens is 1. The van der Waals surface area contributed by atoms with E-state index >= 15 is 0 Å². The standard InChI is InChI=1S/C61H63BN4.C61H65ClN4/c1-58(2,3)41-25-30-46(31-26-41)64-52-35-29-43(60(7,8)9)37-50(52)62-49-34-36-55(63-57(49)66(45-21-14-13-15-22-45)54-39-44(61(10,11)12)38-53(64)56(54)62)65(47-32-27-42(28-33-47)59(4,5)6)51-24-18-20-40-19-16-17-23-48(40)51;1-58(2,3)43-28-34-48(35-29-43)64(49-36-30-44(31-37-49)59(4,5)6)53-40-46(61(10,11)12)41-54(57(53)62)66(47-22-14-13-15-23-47)56-27-19-26-55(63-56)65(50-38-32-45(33-39-50)60(7,8)9)52-25-18-21-42-20-16-17-24-51(42)52/h13-39H,1-12H3;13-41H,1-12H3. The zero-order valence-electron chi connectivity index (χ0n) is 81.9. The highest BCUT2D eigenvalue weighted by Gasteiger charge is 2.46. The van der Waals surface area contributed by atoms with Crippen molar-refractivity contribution < 1.29 is 0 Å². The average molecular weight is 1750 g/mol. The maximum absolute atomic E-state index is 8.02. The van der Waals surface area contributed by atoms with Crippen LogP contribution >= 0.6 is 11.6 Å². The van der Waals surface area contributed by atoms with Gasteiger partial charge in [0.25, 0.3) is 6.71 Å². The monoisotopic (exact) mass is 1750 g/mol. The average Bonchev–Trinajstić information content (AvgIpc) is 0.690. The molecular weight excluding hydrogens is 1620 g/mol. The van der Waals surface area contributed by atoms with Crippen LogP contribution in [0, 0.1) is 0 Å². The Labute approximate surface area is 791 Å². The van der Waals surface area contributed by atoms with Gasteiger partial charge in [0, 0.05) is 67.6 Å². The van der Waals surface area contributed by atoms with Crippen molar-refractivity contribution in [2.75, 3.05) is 29.4 Å². The topological polar surface area (TPSA) is 45.2 Å². The van der Waals surface area contributed by atoms with Crippen LogP contribution in [0.5, 0.6) is 0 Å². The van der Waals surface area contributed by atoms with Gasteiger partial charge in [-0.1, -0.05) is 372 Å². The zero-order valence-corrected chi connectivity index (χ0v) is 82.6. The molecular formula is C122H128BClN8. The van der Waals surface area contributed by atoms with E-state index in [9.17, 15) is 0 Å². The third-order valence-corrected chi connectivity index (χ3v) is 26.8. The molecule has 0 aliphatic carbocycles. The van der Waals surface area contributed by atoms with Crippen molar-refractivity contribution in [1.29, 1.82) is 0 Å². The zero-order chi connectivity index (χ0) is 93.7. The van der Waals surface area contributed by atoms with Gasteiger partial charge in [0.15, 0.2) is 0 Å². The summed E-state index contributed by atoms with van der Waals surface area (Å²) in [4.78, 5) is 25.7. The van der Waals surface area contributed by atoms with Crippen LogP contribution in [0.15, 0.2) is 340 Å². The van der Waals surface area contributed by atoms with Crippen LogP contribution in [0.1, 0.15) is 211 Å². The van der Waals surface area contributed by atoms with Crippen LogP contribution in [0.25, 0.3) is 21.5 Å². The van der Waals surface area contributed by atoms with E-state index in [0.717, 1.165) is 102 Å². The smallest absolute Gasteiger partial charge is 0.254 e. The molecule has 666 valence electrons. The highest BCUT2D eigenvalue weighted by molar-refractivity contribution is 7.00. The second-order valence-electron chi connectivity index (χ2n) is 44.3. The molecule has 10 heteroatoms.